The monoisotopic (exact) mass is 300 g/mol. The van der Waals surface area contributed by atoms with Gasteiger partial charge in [0.25, 0.3) is 0 Å². The van der Waals surface area contributed by atoms with E-state index in [0.29, 0.717) is 30.1 Å². The quantitative estimate of drug-likeness (QED) is 0.435. The van der Waals surface area contributed by atoms with Gasteiger partial charge < -0.3 is 15.4 Å². The fourth-order valence-corrected chi connectivity index (χ4v) is 2.27. The average Bonchev–Trinajstić information content (AvgIpc) is 3.13. The molecule has 2 rings (SSSR count). The molecule has 1 fully saturated rings. The van der Waals surface area contributed by atoms with Gasteiger partial charge in [0.05, 0.1) is 18.9 Å². The van der Waals surface area contributed by atoms with Crippen LogP contribution in [0.5, 0.6) is 0 Å². The van der Waals surface area contributed by atoms with Crippen molar-refractivity contribution >= 4 is 17.7 Å². The van der Waals surface area contributed by atoms with E-state index in [9.17, 15) is 4.79 Å². The minimum Gasteiger partial charge on any atom is -0.383 e. The summed E-state index contributed by atoms with van der Waals surface area (Å²) < 4.78 is 6.65. The fraction of sp³-hybridized carbons (Fsp3) is 0.818. The Morgan fingerprint density at radius 3 is 3.10 bits per heavy atom. The van der Waals surface area contributed by atoms with E-state index in [-0.39, 0.29) is 5.91 Å². The summed E-state index contributed by atoms with van der Waals surface area (Å²) in [6, 6.07) is 0.393. The van der Waals surface area contributed by atoms with Crippen molar-refractivity contribution in [1.29, 1.82) is 0 Å². The lowest BCUT2D eigenvalue weighted by molar-refractivity contribution is -0.118. The molecule has 112 valence electrons. The van der Waals surface area contributed by atoms with Gasteiger partial charge in [-0.15, -0.1) is 5.10 Å². The number of nitrogens with zero attached hydrogens (tertiary/aromatic N) is 4. The summed E-state index contributed by atoms with van der Waals surface area (Å²) in [7, 11) is 1.67. The Morgan fingerprint density at radius 2 is 2.35 bits per heavy atom. The highest BCUT2D eigenvalue weighted by atomic mass is 32.2. The molecule has 20 heavy (non-hydrogen) atoms. The Morgan fingerprint density at radius 1 is 1.50 bits per heavy atom. The van der Waals surface area contributed by atoms with Crippen LogP contribution in [-0.2, 0) is 16.1 Å². The molecule has 1 aliphatic rings. The van der Waals surface area contributed by atoms with Gasteiger partial charge in [0, 0.05) is 26.2 Å². The lowest BCUT2D eigenvalue weighted by Crippen LogP contribution is -2.27. The Balaban J connectivity index is 1.66. The van der Waals surface area contributed by atoms with E-state index in [4.69, 9.17) is 4.74 Å². The molecule has 0 atom stereocenters. The second-order valence-electron chi connectivity index (χ2n) is 4.56. The fourth-order valence-electron chi connectivity index (χ4n) is 1.55. The summed E-state index contributed by atoms with van der Waals surface area (Å²) >= 11 is 1.36. The summed E-state index contributed by atoms with van der Waals surface area (Å²) in [6.45, 7) is 2.91. The minimum absolute atomic E-state index is 0.0465. The highest BCUT2D eigenvalue weighted by Crippen LogP contribution is 2.19. The minimum atomic E-state index is 0.0465. The molecule has 1 aromatic rings. The number of amides is 1. The van der Waals surface area contributed by atoms with Gasteiger partial charge in [0.1, 0.15) is 0 Å². The number of thioether (sulfide) groups is 1. The van der Waals surface area contributed by atoms with Crippen LogP contribution < -0.4 is 10.6 Å². The Hall–Kier alpha value is -1.19. The molecule has 1 heterocycles. The maximum absolute atomic E-state index is 11.6. The van der Waals surface area contributed by atoms with Gasteiger partial charge in [-0.25, -0.2) is 4.68 Å². The zero-order valence-electron chi connectivity index (χ0n) is 11.5. The number of carbonyl (C=O) groups excluding carboxylic acids is 1. The third-order valence-electron chi connectivity index (χ3n) is 2.76. The second-order valence-corrected chi connectivity index (χ2v) is 5.50. The number of ether oxygens (including phenoxy) is 1. The number of tetrazole rings is 1. The molecule has 0 spiro atoms. The highest BCUT2D eigenvalue weighted by Gasteiger charge is 2.23. The molecule has 0 saturated heterocycles. The Labute approximate surface area is 122 Å². The van der Waals surface area contributed by atoms with Crippen LogP contribution in [0.15, 0.2) is 5.16 Å². The molecule has 0 unspecified atom stereocenters. The smallest absolute Gasteiger partial charge is 0.230 e. The molecule has 0 aliphatic heterocycles. The first-order valence-corrected chi connectivity index (χ1v) is 7.66. The zero-order valence-corrected chi connectivity index (χ0v) is 12.4. The molecular formula is C11H20N6O2S. The van der Waals surface area contributed by atoms with Crippen molar-refractivity contribution in [3.8, 4) is 0 Å². The van der Waals surface area contributed by atoms with Crippen LogP contribution in [0.4, 0.5) is 0 Å². The molecule has 0 aromatic carbocycles. The van der Waals surface area contributed by atoms with E-state index < -0.39 is 0 Å². The van der Waals surface area contributed by atoms with Crippen LogP contribution in [0, 0.1) is 0 Å². The van der Waals surface area contributed by atoms with E-state index in [1.165, 1.54) is 11.8 Å². The van der Waals surface area contributed by atoms with Crippen LogP contribution in [0.25, 0.3) is 0 Å². The zero-order chi connectivity index (χ0) is 14.2. The summed E-state index contributed by atoms with van der Waals surface area (Å²) in [5.74, 6) is 0.402. The second kappa shape index (κ2) is 8.18. The first-order valence-electron chi connectivity index (χ1n) is 6.67. The highest BCUT2D eigenvalue weighted by molar-refractivity contribution is 7.99. The van der Waals surface area contributed by atoms with Crippen LogP contribution in [0.3, 0.4) is 0 Å². The number of hydrogen-bond acceptors (Lipinski definition) is 7. The van der Waals surface area contributed by atoms with Crippen molar-refractivity contribution < 1.29 is 9.53 Å². The van der Waals surface area contributed by atoms with Crippen molar-refractivity contribution in [1.82, 2.24) is 30.8 Å². The first-order chi connectivity index (χ1) is 9.79. The Kier molecular flexibility index (Phi) is 6.22. The lowest BCUT2D eigenvalue weighted by Gasteiger charge is -2.06. The molecular weight excluding hydrogens is 280 g/mol. The topological polar surface area (TPSA) is 94.0 Å². The molecule has 8 nitrogen and oxygen atoms in total. The van der Waals surface area contributed by atoms with Crippen LogP contribution >= 0.6 is 11.8 Å². The van der Waals surface area contributed by atoms with Crippen LogP contribution in [0.2, 0.25) is 0 Å². The van der Waals surface area contributed by atoms with Crippen molar-refractivity contribution in [2.24, 2.45) is 0 Å². The molecule has 1 aliphatic carbocycles. The average molecular weight is 300 g/mol. The summed E-state index contributed by atoms with van der Waals surface area (Å²) in [5.41, 5.74) is 0. The van der Waals surface area contributed by atoms with E-state index in [0.717, 1.165) is 25.9 Å². The molecule has 1 aromatic heterocycles. The largest absolute Gasteiger partial charge is 0.383 e. The number of rotatable bonds is 10. The molecule has 0 radical (unpaired) electrons. The van der Waals surface area contributed by atoms with E-state index in [2.05, 4.69) is 26.2 Å². The molecule has 1 saturated carbocycles. The van der Waals surface area contributed by atoms with Crippen LogP contribution in [0.1, 0.15) is 12.8 Å². The van der Waals surface area contributed by atoms with Crippen LogP contribution in [-0.4, -0.2) is 64.7 Å². The van der Waals surface area contributed by atoms with Crippen molar-refractivity contribution in [2.45, 2.75) is 30.6 Å². The first kappa shape index (κ1) is 15.2. The molecule has 2 N–H and O–H groups in total. The maximum atomic E-state index is 11.6. The number of methoxy groups -OCH3 is 1. The van der Waals surface area contributed by atoms with Gasteiger partial charge in [-0.1, -0.05) is 11.8 Å². The molecule has 9 heteroatoms. The van der Waals surface area contributed by atoms with Gasteiger partial charge >= 0.3 is 0 Å². The van der Waals surface area contributed by atoms with E-state index >= 15 is 0 Å². The summed E-state index contributed by atoms with van der Waals surface area (Å²) in [4.78, 5) is 11.6. The number of aromatic nitrogens is 4. The van der Waals surface area contributed by atoms with E-state index in [1.54, 1.807) is 11.8 Å². The standard InChI is InChI=1S/C11H20N6O2S/c1-19-7-5-12-4-6-17-11(14-15-16-17)20-8-10(18)13-9-2-3-9/h9,12H,2-8H2,1H3,(H,13,18). The summed E-state index contributed by atoms with van der Waals surface area (Å²) in [6.07, 6.45) is 2.20. The maximum Gasteiger partial charge on any atom is 0.230 e. The predicted octanol–water partition coefficient (Wildman–Crippen LogP) is -0.720. The Bertz CT molecular complexity index is 423. The third-order valence-corrected chi connectivity index (χ3v) is 3.71. The van der Waals surface area contributed by atoms with Gasteiger partial charge in [-0.3, -0.25) is 4.79 Å². The van der Waals surface area contributed by atoms with Gasteiger partial charge in [0.15, 0.2) is 0 Å². The van der Waals surface area contributed by atoms with Crippen molar-refractivity contribution in [3.63, 3.8) is 0 Å². The number of carbonyl (C=O) groups is 1. The number of hydrogen-bond donors (Lipinski definition) is 2. The normalized spacial score (nSPS) is 14.4. The third kappa shape index (κ3) is 5.43. The van der Waals surface area contributed by atoms with Gasteiger partial charge in [-0.2, -0.15) is 0 Å². The summed E-state index contributed by atoms with van der Waals surface area (Å²) in [5, 5.41) is 18.3. The molecule has 0 bridgehead atoms. The SMILES string of the molecule is COCCNCCn1nnnc1SCC(=O)NC1CC1. The van der Waals surface area contributed by atoms with Crippen molar-refractivity contribution in [2.75, 3.05) is 32.6 Å². The van der Waals surface area contributed by atoms with Gasteiger partial charge in [0.2, 0.25) is 11.1 Å². The van der Waals surface area contributed by atoms with Crippen molar-refractivity contribution in [3.05, 3.63) is 0 Å². The van der Waals surface area contributed by atoms with Gasteiger partial charge in [-0.05, 0) is 23.3 Å². The molecule has 1 amide bonds. The predicted molar refractivity (Wildman–Crippen MR) is 74.5 cm³/mol. The number of nitrogens with one attached hydrogen (secondary N) is 2. The lowest BCUT2D eigenvalue weighted by atomic mass is 10.6. The van der Waals surface area contributed by atoms with E-state index in [1.807, 2.05) is 0 Å².